The lowest BCUT2D eigenvalue weighted by molar-refractivity contribution is -0.536. The molecule has 8 nitrogen and oxygen atoms in total. The number of phenols is 4. The van der Waals surface area contributed by atoms with Gasteiger partial charge in [0.25, 0.3) is 0 Å². The van der Waals surface area contributed by atoms with E-state index in [0.29, 0.717) is 11.4 Å². The van der Waals surface area contributed by atoms with Crippen molar-refractivity contribution in [3.8, 4) is 23.0 Å². The summed E-state index contributed by atoms with van der Waals surface area (Å²) in [6.07, 6.45) is -3.30. The summed E-state index contributed by atoms with van der Waals surface area (Å²) in [5.41, 5.74) is 4.11. The minimum atomic E-state index is -1.65. The third-order valence-corrected chi connectivity index (χ3v) is 12.0. The van der Waals surface area contributed by atoms with Gasteiger partial charge < -0.3 is 40.4 Å². The lowest BCUT2D eigenvalue weighted by Gasteiger charge is -2.61. The maximum absolute atomic E-state index is 13.8. The van der Waals surface area contributed by atoms with E-state index in [1.807, 2.05) is 107 Å². The van der Waals surface area contributed by atoms with Crippen LogP contribution in [-0.2, 0) is 0 Å². The molecule has 0 aromatic heterocycles. The molecule has 2 heterocycles. The molecule has 4 N–H and O–H groups in total. The van der Waals surface area contributed by atoms with Crippen LogP contribution in [0.1, 0.15) is 23.0 Å². The lowest BCUT2D eigenvalue weighted by atomic mass is 9.62. The quantitative estimate of drug-likeness (QED) is 0.145. The smallest absolute Gasteiger partial charge is 0.124 e. The summed E-state index contributed by atoms with van der Waals surface area (Å²) in [5, 5.41) is 72.8. The number of hydrogen-bond acceptors (Lipinski definition) is 10. The molecule has 6 aromatic rings. The molecule has 10 heteroatoms. The van der Waals surface area contributed by atoms with Crippen molar-refractivity contribution in [1.29, 1.82) is 0 Å². The summed E-state index contributed by atoms with van der Waals surface area (Å²) < 4.78 is 0. The Morgan fingerprint density at radius 2 is 0.680 bits per heavy atom. The normalized spacial score (nSPS) is 20.3. The van der Waals surface area contributed by atoms with Crippen molar-refractivity contribution in [2.24, 2.45) is 0 Å². The molecule has 248 valence electrons. The van der Waals surface area contributed by atoms with Crippen molar-refractivity contribution >= 4 is 57.6 Å². The van der Waals surface area contributed by atoms with Gasteiger partial charge in [-0.15, -0.1) is 12.2 Å². The molecule has 0 saturated heterocycles. The van der Waals surface area contributed by atoms with E-state index < -0.39 is 24.0 Å². The highest BCUT2D eigenvalue weighted by Crippen LogP contribution is 2.58. The number of phenolic OH excluding ortho intramolecular Hbond substituents is 4. The fourth-order valence-corrected chi connectivity index (χ4v) is 9.57. The van der Waals surface area contributed by atoms with Crippen LogP contribution >= 0.6 is 23.5 Å². The van der Waals surface area contributed by atoms with Crippen LogP contribution in [0.2, 0.25) is 0 Å². The molecule has 1 fully saturated rings. The summed E-state index contributed by atoms with van der Waals surface area (Å²) in [5.74, 6) is -4.10. The molecule has 3 aliphatic rings. The molecule has 0 atom stereocenters. The van der Waals surface area contributed by atoms with Gasteiger partial charge in [0.2, 0.25) is 0 Å². The molecule has 2 aliphatic heterocycles. The zero-order valence-corrected chi connectivity index (χ0v) is 27.8. The second-order valence-corrected chi connectivity index (χ2v) is 14.7. The molecule has 6 aromatic carbocycles. The molecular formula is C40H28N2O6S2-2. The van der Waals surface area contributed by atoms with Crippen LogP contribution in [-0.4, -0.2) is 32.6 Å². The summed E-state index contributed by atoms with van der Waals surface area (Å²) in [7, 11) is 0. The van der Waals surface area contributed by atoms with Gasteiger partial charge in [-0.1, -0.05) is 72.1 Å². The first-order valence-corrected chi connectivity index (χ1v) is 17.7. The van der Waals surface area contributed by atoms with E-state index in [2.05, 4.69) is 0 Å². The second-order valence-electron chi connectivity index (χ2n) is 12.5. The first-order valence-electron chi connectivity index (χ1n) is 16.1. The maximum atomic E-state index is 13.8. The van der Waals surface area contributed by atoms with Crippen LogP contribution < -0.4 is 20.0 Å². The highest BCUT2D eigenvalue weighted by molar-refractivity contribution is 8.00. The van der Waals surface area contributed by atoms with E-state index in [-0.39, 0.29) is 34.1 Å². The topological polar surface area (TPSA) is 134 Å². The lowest BCUT2D eigenvalue weighted by Crippen LogP contribution is -2.63. The molecule has 50 heavy (non-hydrogen) atoms. The predicted molar refractivity (Wildman–Crippen MR) is 190 cm³/mol. The average molecular weight is 697 g/mol. The molecule has 1 saturated carbocycles. The SMILES string of the molecule is [O-]C1C(c2c(O)cc(N3c4ccccc4Sc4ccccc43)cc2O)C([O-])C1c1c(O)cc(N2c3ccccc3Sc3ccccc32)cc1O. The first-order chi connectivity index (χ1) is 24.3. The molecule has 1 aliphatic carbocycles. The number of para-hydroxylation sites is 4. The number of nitrogens with zero attached hydrogens (tertiary/aromatic N) is 2. The van der Waals surface area contributed by atoms with Crippen molar-refractivity contribution in [3.63, 3.8) is 0 Å². The summed E-state index contributed by atoms with van der Waals surface area (Å²) in [6.45, 7) is 0. The molecule has 0 spiro atoms. The van der Waals surface area contributed by atoms with Crippen LogP contribution in [0.5, 0.6) is 23.0 Å². The predicted octanol–water partition coefficient (Wildman–Crippen LogP) is 7.72. The summed E-state index contributed by atoms with van der Waals surface area (Å²) in [4.78, 5) is 7.82. The van der Waals surface area contributed by atoms with Gasteiger partial charge in [0.05, 0.1) is 34.1 Å². The minimum Gasteiger partial charge on any atom is -0.851 e. The van der Waals surface area contributed by atoms with Gasteiger partial charge >= 0.3 is 0 Å². The third kappa shape index (κ3) is 4.64. The van der Waals surface area contributed by atoms with E-state index in [9.17, 15) is 30.6 Å². The van der Waals surface area contributed by atoms with Crippen LogP contribution in [0.25, 0.3) is 0 Å². The average Bonchev–Trinajstić information content (AvgIpc) is 3.12. The monoisotopic (exact) mass is 696 g/mol. The Bertz CT molecular complexity index is 2020. The zero-order valence-electron chi connectivity index (χ0n) is 26.2. The maximum Gasteiger partial charge on any atom is 0.124 e. The zero-order chi connectivity index (χ0) is 34.3. The van der Waals surface area contributed by atoms with Crippen LogP contribution in [0.4, 0.5) is 34.1 Å². The van der Waals surface area contributed by atoms with Crippen LogP contribution in [0.3, 0.4) is 0 Å². The number of anilines is 6. The number of fused-ring (bicyclic) bond motifs is 4. The number of aromatic hydroxyl groups is 4. The Balaban J connectivity index is 1.05. The molecular weight excluding hydrogens is 669 g/mol. The Morgan fingerprint density at radius 3 is 0.960 bits per heavy atom. The Hall–Kier alpha value is -5.26. The number of hydrogen-bond donors (Lipinski definition) is 4. The molecule has 0 bridgehead atoms. The van der Waals surface area contributed by atoms with Crippen LogP contribution in [0, 0.1) is 0 Å². The standard InChI is InChI=1S/C40H28N2O6S2/c43-27-17-21(41-23-9-1-5-13-31(23)49-32-14-6-2-10-24(32)41)18-28(44)35(27)37-39(47)38(40(37)48)36-29(45)19-22(20-30(36)46)42-25-11-3-7-15-33(25)50-34-16-8-4-12-26(34)42/h1-20,37-40,43-46H/q-2. The fourth-order valence-electron chi connectivity index (χ4n) is 7.46. The van der Waals surface area contributed by atoms with Gasteiger partial charge in [0.15, 0.2) is 0 Å². The molecule has 0 unspecified atom stereocenters. The van der Waals surface area contributed by atoms with Crippen molar-refractivity contribution < 1.29 is 30.6 Å². The van der Waals surface area contributed by atoms with Gasteiger partial charge in [-0.3, -0.25) is 0 Å². The van der Waals surface area contributed by atoms with Gasteiger partial charge in [-0.05, 0) is 60.4 Å². The largest absolute Gasteiger partial charge is 0.851 e. The highest BCUT2D eigenvalue weighted by Gasteiger charge is 2.44. The summed E-state index contributed by atoms with van der Waals surface area (Å²) >= 11 is 3.24. The van der Waals surface area contributed by atoms with Crippen molar-refractivity contribution in [3.05, 3.63) is 132 Å². The van der Waals surface area contributed by atoms with Gasteiger partial charge in [-0.2, -0.15) is 0 Å². The fraction of sp³-hybridized carbons (Fsp3) is 0.100. The summed E-state index contributed by atoms with van der Waals surface area (Å²) in [6, 6.07) is 37.0. The first kappa shape index (κ1) is 30.8. The molecule has 9 rings (SSSR count). The van der Waals surface area contributed by atoms with Gasteiger partial charge in [0.1, 0.15) is 23.0 Å². The highest BCUT2D eigenvalue weighted by atomic mass is 32.2. The van der Waals surface area contributed by atoms with E-state index in [1.54, 1.807) is 23.5 Å². The van der Waals surface area contributed by atoms with E-state index in [1.165, 1.54) is 24.3 Å². The van der Waals surface area contributed by atoms with E-state index in [0.717, 1.165) is 42.3 Å². The Morgan fingerprint density at radius 1 is 0.420 bits per heavy atom. The third-order valence-electron chi connectivity index (χ3n) is 9.71. The van der Waals surface area contributed by atoms with Crippen molar-refractivity contribution in [2.45, 2.75) is 43.6 Å². The van der Waals surface area contributed by atoms with Crippen molar-refractivity contribution in [2.75, 3.05) is 9.80 Å². The van der Waals surface area contributed by atoms with E-state index in [4.69, 9.17) is 0 Å². The Labute approximate surface area is 296 Å². The molecule has 0 amide bonds. The number of rotatable bonds is 4. The van der Waals surface area contributed by atoms with Crippen LogP contribution in [0.15, 0.2) is 141 Å². The molecule has 0 radical (unpaired) electrons. The number of benzene rings is 6. The van der Waals surface area contributed by atoms with Crippen molar-refractivity contribution in [1.82, 2.24) is 0 Å². The second kappa shape index (κ2) is 11.7. The van der Waals surface area contributed by atoms with Gasteiger partial charge in [-0.25, -0.2) is 0 Å². The van der Waals surface area contributed by atoms with E-state index >= 15 is 0 Å². The Kier molecular flexibility index (Phi) is 7.18. The minimum absolute atomic E-state index is 0.132. The van der Waals surface area contributed by atoms with Gasteiger partial charge in [0, 0.05) is 55.0 Å².